The van der Waals surface area contributed by atoms with Crippen LogP contribution in [0.1, 0.15) is 23.6 Å². The highest BCUT2D eigenvalue weighted by Gasteiger charge is 2.22. The molecule has 0 atom stereocenters. The minimum atomic E-state index is -0.191. The lowest BCUT2D eigenvalue weighted by molar-refractivity contribution is -0.585. The first kappa shape index (κ1) is 15.7. The van der Waals surface area contributed by atoms with Crippen LogP contribution in [0, 0.1) is 0 Å². The number of nitrogens with one attached hydrogen (secondary N) is 2. The van der Waals surface area contributed by atoms with Crippen LogP contribution in [0.3, 0.4) is 0 Å². The lowest BCUT2D eigenvalue weighted by atomic mass is 10.1. The highest BCUT2D eigenvalue weighted by Crippen LogP contribution is 2.16. The van der Waals surface area contributed by atoms with E-state index in [2.05, 4.69) is 15.1 Å². The summed E-state index contributed by atoms with van der Waals surface area (Å²) in [5.41, 5.74) is 2.46. The van der Waals surface area contributed by atoms with Crippen molar-refractivity contribution < 1.29 is 14.0 Å². The number of fused-ring (bicyclic) bond motifs is 1. The zero-order chi connectivity index (χ0) is 17.1. The lowest BCUT2D eigenvalue weighted by Crippen LogP contribution is -2.37. The lowest BCUT2D eigenvalue weighted by Gasteiger charge is -2.09. The van der Waals surface area contributed by atoms with E-state index >= 15 is 0 Å². The topological polar surface area (TPSA) is 84.1 Å². The van der Waals surface area contributed by atoms with E-state index in [4.69, 9.17) is 9.47 Å². The Labute approximate surface area is 143 Å². The summed E-state index contributed by atoms with van der Waals surface area (Å²) in [7, 11) is 0. The van der Waals surface area contributed by atoms with E-state index in [9.17, 15) is 4.79 Å². The highest BCUT2D eigenvalue weighted by molar-refractivity contribution is 5.59. The summed E-state index contributed by atoms with van der Waals surface area (Å²) in [5, 5.41) is 4.53. The predicted octanol–water partition coefficient (Wildman–Crippen LogP) is 1.36. The van der Waals surface area contributed by atoms with Gasteiger partial charge in [0.05, 0.1) is 19.8 Å². The van der Waals surface area contributed by atoms with Gasteiger partial charge in [0.1, 0.15) is 12.8 Å². The summed E-state index contributed by atoms with van der Waals surface area (Å²) in [6.07, 6.45) is 4.47. The van der Waals surface area contributed by atoms with E-state index in [1.54, 1.807) is 10.7 Å². The summed E-state index contributed by atoms with van der Waals surface area (Å²) in [4.78, 5) is 18.2. The molecule has 1 aromatic carbocycles. The van der Waals surface area contributed by atoms with Crippen molar-refractivity contribution in [2.24, 2.45) is 0 Å². The monoisotopic (exact) mass is 339 g/mol. The van der Waals surface area contributed by atoms with Gasteiger partial charge >= 0.3 is 11.4 Å². The van der Waals surface area contributed by atoms with E-state index in [0.29, 0.717) is 31.2 Å². The van der Waals surface area contributed by atoms with Crippen molar-refractivity contribution in [1.82, 2.24) is 15.1 Å². The molecule has 0 amide bonds. The van der Waals surface area contributed by atoms with Gasteiger partial charge in [0.2, 0.25) is 0 Å². The van der Waals surface area contributed by atoms with Crippen molar-refractivity contribution in [3.63, 3.8) is 0 Å². The molecule has 0 spiro atoms. The number of ether oxygens (including phenoxy) is 2. The first-order valence-corrected chi connectivity index (χ1v) is 8.23. The van der Waals surface area contributed by atoms with Crippen molar-refractivity contribution in [1.29, 1.82) is 0 Å². The molecule has 0 saturated heterocycles. The molecule has 7 nitrogen and oxygen atoms in total. The van der Waals surface area contributed by atoms with Crippen LogP contribution in [0.4, 0.5) is 0 Å². The van der Waals surface area contributed by atoms with Crippen LogP contribution in [0.15, 0.2) is 47.4 Å². The Morgan fingerprint density at radius 1 is 1.24 bits per heavy atom. The smallest absolute Gasteiger partial charge is 0.308 e. The Hall–Kier alpha value is -2.77. The summed E-state index contributed by atoms with van der Waals surface area (Å²) < 4.78 is 12.7. The Kier molecular flexibility index (Phi) is 4.41. The summed E-state index contributed by atoms with van der Waals surface area (Å²) in [5.74, 6) is 1.31. The van der Waals surface area contributed by atoms with E-state index < -0.39 is 0 Å². The summed E-state index contributed by atoms with van der Waals surface area (Å²) in [6.45, 7) is 1.95. The summed E-state index contributed by atoms with van der Waals surface area (Å²) >= 11 is 0. The average Bonchev–Trinajstić information content (AvgIpc) is 3.08. The molecule has 2 aromatic heterocycles. The third-order valence-corrected chi connectivity index (χ3v) is 4.11. The highest BCUT2D eigenvalue weighted by atomic mass is 16.5. The van der Waals surface area contributed by atoms with Gasteiger partial charge in [-0.2, -0.15) is 0 Å². The molecule has 1 aliphatic rings. The van der Waals surface area contributed by atoms with Crippen molar-refractivity contribution >= 4 is 11.1 Å². The van der Waals surface area contributed by atoms with Crippen LogP contribution in [-0.4, -0.2) is 28.3 Å². The molecule has 0 unspecified atom stereocenters. The minimum Gasteiger partial charge on any atom is -0.377 e. The first-order chi connectivity index (χ1) is 12.3. The molecule has 2 N–H and O–H groups in total. The number of H-pyrrole nitrogens is 2. The van der Waals surface area contributed by atoms with E-state index in [-0.39, 0.29) is 12.2 Å². The van der Waals surface area contributed by atoms with Gasteiger partial charge in [0.15, 0.2) is 5.82 Å². The number of rotatable bonds is 5. The summed E-state index contributed by atoms with van der Waals surface area (Å²) in [6, 6.07) is 9.89. The quantitative estimate of drug-likeness (QED) is 0.688. The zero-order valence-corrected chi connectivity index (χ0v) is 13.7. The molecule has 0 radical (unpaired) electrons. The number of imidazole rings is 1. The third-order valence-electron chi connectivity index (χ3n) is 4.11. The third kappa shape index (κ3) is 3.38. The van der Waals surface area contributed by atoms with Crippen LogP contribution in [0.5, 0.6) is 0 Å². The maximum Gasteiger partial charge on any atom is 0.308 e. The van der Waals surface area contributed by atoms with E-state index in [0.717, 1.165) is 23.4 Å². The van der Waals surface area contributed by atoms with Crippen molar-refractivity contribution in [2.45, 2.75) is 19.6 Å². The molecule has 0 aliphatic carbocycles. The first-order valence-electron chi connectivity index (χ1n) is 8.23. The normalized spacial score (nSPS) is 14.6. The molecule has 7 heteroatoms. The van der Waals surface area contributed by atoms with Crippen LogP contribution >= 0.6 is 0 Å². The van der Waals surface area contributed by atoms with Crippen LogP contribution in [0.2, 0.25) is 0 Å². The van der Waals surface area contributed by atoms with Crippen molar-refractivity contribution in [2.75, 3.05) is 13.2 Å². The maximum absolute atomic E-state index is 12.3. The van der Waals surface area contributed by atoms with Crippen molar-refractivity contribution in [3.05, 3.63) is 70.2 Å². The molecule has 3 aromatic rings. The second kappa shape index (κ2) is 7.00. The van der Waals surface area contributed by atoms with E-state index in [1.165, 1.54) is 0 Å². The number of benzene rings is 1. The fourth-order valence-electron chi connectivity index (χ4n) is 2.86. The van der Waals surface area contributed by atoms with Gasteiger partial charge in [0.25, 0.3) is 5.52 Å². The molecule has 1 aliphatic heterocycles. The van der Waals surface area contributed by atoms with Crippen LogP contribution in [-0.2, 0) is 22.7 Å². The average molecular weight is 339 g/mol. The zero-order valence-electron chi connectivity index (χ0n) is 13.7. The van der Waals surface area contributed by atoms with Gasteiger partial charge in [-0.05, 0) is 11.6 Å². The molecule has 0 fully saturated rings. The molecular formula is C18H19N4O3+. The molecular weight excluding hydrogens is 320 g/mol. The molecule has 128 valence electrons. The second-order valence-electron chi connectivity index (χ2n) is 5.87. The molecule has 3 heterocycles. The van der Waals surface area contributed by atoms with Gasteiger partial charge < -0.3 is 14.5 Å². The van der Waals surface area contributed by atoms with Gasteiger partial charge in [0, 0.05) is 12.0 Å². The van der Waals surface area contributed by atoms with Gasteiger partial charge in [-0.3, -0.25) is 4.79 Å². The second-order valence-corrected chi connectivity index (χ2v) is 5.87. The predicted molar refractivity (Wildman–Crippen MR) is 90.7 cm³/mol. The van der Waals surface area contributed by atoms with Crippen molar-refractivity contribution in [3.8, 4) is 0 Å². The molecule has 0 bridgehead atoms. The fraction of sp³-hybridized carbons (Fsp3) is 0.278. The molecule has 0 saturated carbocycles. The van der Waals surface area contributed by atoms with E-state index in [1.807, 2.05) is 36.4 Å². The number of aromatic nitrogens is 4. The Morgan fingerprint density at radius 2 is 2.12 bits per heavy atom. The molecule has 4 rings (SSSR count). The number of hydrogen-bond donors (Lipinski definition) is 2. The molecule has 25 heavy (non-hydrogen) atoms. The van der Waals surface area contributed by atoms with Gasteiger partial charge in [-0.1, -0.05) is 39.9 Å². The Morgan fingerprint density at radius 3 is 2.92 bits per heavy atom. The van der Waals surface area contributed by atoms with Crippen LogP contribution in [0.25, 0.3) is 11.1 Å². The fourth-order valence-corrected chi connectivity index (χ4v) is 2.86. The van der Waals surface area contributed by atoms with Crippen LogP contribution < -0.4 is 10.1 Å². The van der Waals surface area contributed by atoms with Gasteiger partial charge in [-0.15, -0.1) is 0 Å². The number of hydrogen-bond acceptors (Lipinski definition) is 4. The Balaban J connectivity index is 1.57. The number of nitrogens with zero attached hydrogens (tertiary/aromatic N) is 2. The SMILES string of the molecule is O=c1[nH]c(COCc2ccccc2)n[n+]2c(C3=CCOCC3)[nH]cc12. The minimum absolute atomic E-state index is 0.191. The maximum atomic E-state index is 12.3. The largest absolute Gasteiger partial charge is 0.377 e. The number of aromatic amines is 2. The standard InChI is InChI=1S/C18H18N4O3/c23-18-15-10-19-17(14-6-8-24-9-7-14)22(15)21-16(20-18)12-25-11-13-4-2-1-3-5-13/h1-6,10H,7-9,11-12H2,(H,20,21,23)/p+1. The van der Waals surface area contributed by atoms with Gasteiger partial charge in [-0.25, -0.2) is 4.98 Å². The Bertz CT molecular complexity index is 959.